The molecule has 106 valence electrons. The van der Waals surface area contributed by atoms with Crippen LogP contribution in [0.1, 0.15) is 39.0 Å². The summed E-state index contributed by atoms with van der Waals surface area (Å²) in [5.41, 5.74) is 0. The molecular formula is C13H21N3O3. The second-order valence-corrected chi connectivity index (χ2v) is 5.16. The van der Waals surface area contributed by atoms with Gasteiger partial charge in [-0.15, -0.1) is 0 Å². The van der Waals surface area contributed by atoms with Gasteiger partial charge in [0.15, 0.2) is 0 Å². The Hall–Kier alpha value is -1.77. The molecule has 1 unspecified atom stereocenters. The Balaban J connectivity index is 2.38. The van der Waals surface area contributed by atoms with E-state index in [4.69, 9.17) is 10.4 Å². The van der Waals surface area contributed by atoms with Crippen molar-refractivity contribution in [3.63, 3.8) is 0 Å². The lowest BCUT2D eigenvalue weighted by Gasteiger charge is -2.30. The molecule has 0 saturated heterocycles. The zero-order valence-corrected chi connectivity index (χ0v) is 11.4. The fourth-order valence-corrected chi connectivity index (χ4v) is 2.23. The Morgan fingerprint density at radius 2 is 2.00 bits per heavy atom. The molecule has 6 nitrogen and oxygen atoms in total. The number of nitriles is 1. The molecule has 0 heterocycles. The first-order valence-electron chi connectivity index (χ1n) is 6.58. The number of aliphatic carboxylic acids is 1. The number of carboxylic acids is 1. The Kier molecular flexibility index (Phi) is 5.61. The lowest BCUT2D eigenvalue weighted by atomic mass is 9.86. The minimum Gasteiger partial charge on any atom is -0.481 e. The lowest BCUT2D eigenvalue weighted by molar-refractivity contribution is -0.142. The second-order valence-electron chi connectivity index (χ2n) is 5.16. The normalized spacial score (nSPS) is 24.1. The van der Waals surface area contributed by atoms with E-state index < -0.39 is 5.97 Å². The van der Waals surface area contributed by atoms with Crippen molar-refractivity contribution in [2.24, 2.45) is 5.92 Å². The smallest absolute Gasteiger partial charge is 0.317 e. The summed E-state index contributed by atoms with van der Waals surface area (Å²) in [6.07, 6.45) is 2.91. The van der Waals surface area contributed by atoms with Crippen LogP contribution in [-0.2, 0) is 4.79 Å². The summed E-state index contributed by atoms with van der Waals surface area (Å²) in [6.45, 7) is 1.82. The average molecular weight is 267 g/mol. The number of urea groups is 1. The zero-order chi connectivity index (χ0) is 14.4. The molecule has 0 aliphatic heterocycles. The molecule has 1 fully saturated rings. The SMILES string of the molecule is CC(CC#N)N(C)C(=O)NC1CCC(C(=O)O)CC1. The van der Waals surface area contributed by atoms with E-state index in [2.05, 4.69) is 5.32 Å². The fraction of sp³-hybridized carbons (Fsp3) is 0.769. The number of carbonyl (C=O) groups excluding carboxylic acids is 1. The van der Waals surface area contributed by atoms with Crippen LogP contribution in [0.25, 0.3) is 0 Å². The van der Waals surface area contributed by atoms with Crippen molar-refractivity contribution >= 4 is 12.0 Å². The number of carboxylic acid groups (broad SMARTS) is 1. The standard InChI is InChI=1S/C13H21N3O3/c1-9(7-8-14)16(2)13(19)15-11-5-3-10(4-6-11)12(17)18/h9-11H,3-7H2,1-2H3,(H,15,19)(H,17,18). The van der Waals surface area contributed by atoms with Gasteiger partial charge in [-0.2, -0.15) is 5.26 Å². The van der Waals surface area contributed by atoms with Crippen molar-refractivity contribution in [2.75, 3.05) is 7.05 Å². The number of nitrogens with one attached hydrogen (secondary N) is 1. The van der Waals surface area contributed by atoms with Gasteiger partial charge in [0.2, 0.25) is 0 Å². The highest BCUT2D eigenvalue weighted by atomic mass is 16.4. The highest BCUT2D eigenvalue weighted by Crippen LogP contribution is 2.24. The number of amides is 2. The van der Waals surface area contributed by atoms with Crippen LogP contribution in [0.3, 0.4) is 0 Å². The molecule has 0 radical (unpaired) electrons. The van der Waals surface area contributed by atoms with E-state index in [1.54, 1.807) is 7.05 Å². The molecule has 19 heavy (non-hydrogen) atoms. The second kappa shape index (κ2) is 6.98. The fourth-order valence-electron chi connectivity index (χ4n) is 2.23. The summed E-state index contributed by atoms with van der Waals surface area (Å²) in [5.74, 6) is -1.02. The van der Waals surface area contributed by atoms with Gasteiger partial charge in [-0.05, 0) is 32.6 Å². The molecule has 1 aliphatic rings. The molecule has 0 aromatic rings. The van der Waals surface area contributed by atoms with Crippen molar-refractivity contribution in [1.82, 2.24) is 10.2 Å². The van der Waals surface area contributed by atoms with Crippen molar-refractivity contribution in [3.05, 3.63) is 0 Å². The van der Waals surface area contributed by atoms with Crippen molar-refractivity contribution in [1.29, 1.82) is 5.26 Å². The van der Waals surface area contributed by atoms with E-state index in [0.717, 1.165) is 0 Å². The van der Waals surface area contributed by atoms with Crippen LogP contribution in [0.2, 0.25) is 0 Å². The van der Waals surface area contributed by atoms with E-state index >= 15 is 0 Å². The molecule has 1 aliphatic carbocycles. The number of hydrogen-bond acceptors (Lipinski definition) is 3. The lowest BCUT2D eigenvalue weighted by Crippen LogP contribution is -2.47. The summed E-state index contributed by atoms with van der Waals surface area (Å²) in [7, 11) is 1.67. The molecule has 0 spiro atoms. The van der Waals surface area contributed by atoms with Gasteiger partial charge in [0.05, 0.1) is 18.4 Å². The Morgan fingerprint density at radius 3 is 2.47 bits per heavy atom. The summed E-state index contributed by atoms with van der Waals surface area (Å²) in [6, 6.07) is 1.76. The van der Waals surface area contributed by atoms with Crippen LogP contribution in [-0.4, -0.2) is 41.1 Å². The van der Waals surface area contributed by atoms with Crippen LogP contribution < -0.4 is 5.32 Å². The average Bonchev–Trinajstić information content (AvgIpc) is 2.38. The maximum atomic E-state index is 11.9. The van der Waals surface area contributed by atoms with Crippen LogP contribution in [0, 0.1) is 17.2 Å². The third-order valence-electron chi connectivity index (χ3n) is 3.77. The van der Waals surface area contributed by atoms with Crippen LogP contribution in [0.5, 0.6) is 0 Å². The van der Waals surface area contributed by atoms with E-state index in [0.29, 0.717) is 32.1 Å². The number of carbonyl (C=O) groups is 2. The monoisotopic (exact) mass is 267 g/mol. The Morgan fingerprint density at radius 1 is 1.42 bits per heavy atom. The van der Waals surface area contributed by atoms with Gasteiger partial charge in [-0.25, -0.2) is 4.79 Å². The van der Waals surface area contributed by atoms with E-state index in [-0.39, 0.29) is 24.0 Å². The first-order valence-corrected chi connectivity index (χ1v) is 6.58. The number of hydrogen-bond donors (Lipinski definition) is 2. The molecule has 0 bridgehead atoms. The van der Waals surface area contributed by atoms with Crippen molar-refractivity contribution in [3.8, 4) is 6.07 Å². The maximum Gasteiger partial charge on any atom is 0.317 e. The molecule has 1 saturated carbocycles. The number of nitrogens with zero attached hydrogens (tertiary/aromatic N) is 2. The molecule has 0 aromatic carbocycles. The molecular weight excluding hydrogens is 246 g/mol. The quantitative estimate of drug-likeness (QED) is 0.808. The van der Waals surface area contributed by atoms with Gasteiger partial charge in [-0.1, -0.05) is 0 Å². The van der Waals surface area contributed by atoms with Gasteiger partial charge in [0.1, 0.15) is 0 Å². The molecule has 2 N–H and O–H groups in total. The van der Waals surface area contributed by atoms with E-state index in [9.17, 15) is 9.59 Å². The van der Waals surface area contributed by atoms with Crippen molar-refractivity contribution < 1.29 is 14.7 Å². The Bertz CT molecular complexity index is 370. The molecule has 2 amide bonds. The predicted molar refractivity (Wildman–Crippen MR) is 69.4 cm³/mol. The van der Waals surface area contributed by atoms with E-state index in [1.807, 2.05) is 13.0 Å². The predicted octanol–water partition coefficient (Wildman–Crippen LogP) is 1.57. The zero-order valence-electron chi connectivity index (χ0n) is 11.4. The van der Waals surface area contributed by atoms with Crippen molar-refractivity contribution in [2.45, 2.75) is 51.1 Å². The third kappa shape index (κ3) is 4.43. The topological polar surface area (TPSA) is 93.4 Å². The maximum absolute atomic E-state index is 11.9. The molecule has 0 aromatic heterocycles. The summed E-state index contributed by atoms with van der Waals surface area (Å²) < 4.78 is 0. The first kappa shape index (κ1) is 15.3. The highest BCUT2D eigenvalue weighted by Gasteiger charge is 2.27. The third-order valence-corrected chi connectivity index (χ3v) is 3.77. The van der Waals surface area contributed by atoms with Gasteiger partial charge >= 0.3 is 12.0 Å². The summed E-state index contributed by atoms with van der Waals surface area (Å²) in [4.78, 5) is 24.3. The minimum atomic E-state index is -0.746. The van der Waals surface area contributed by atoms with Crippen LogP contribution in [0.4, 0.5) is 4.79 Å². The van der Waals surface area contributed by atoms with E-state index in [1.165, 1.54) is 4.90 Å². The molecule has 6 heteroatoms. The van der Waals surface area contributed by atoms with Gasteiger partial charge < -0.3 is 15.3 Å². The number of rotatable bonds is 4. The highest BCUT2D eigenvalue weighted by molar-refractivity contribution is 5.74. The van der Waals surface area contributed by atoms with Gasteiger partial charge in [0.25, 0.3) is 0 Å². The molecule has 1 rings (SSSR count). The first-order chi connectivity index (χ1) is 8.95. The Labute approximate surface area is 113 Å². The summed E-state index contributed by atoms with van der Waals surface area (Å²) >= 11 is 0. The van der Waals surface area contributed by atoms with Gasteiger partial charge in [-0.3, -0.25) is 4.79 Å². The minimum absolute atomic E-state index is 0.0415. The van der Waals surface area contributed by atoms with Gasteiger partial charge in [0, 0.05) is 19.1 Å². The summed E-state index contributed by atoms with van der Waals surface area (Å²) in [5, 5.41) is 20.4. The van der Waals surface area contributed by atoms with Crippen LogP contribution in [0.15, 0.2) is 0 Å². The van der Waals surface area contributed by atoms with Crippen LogP contribution >= 0.6 is 0 Å². The largest absolute Gasteiger partial charge is 0.481 e. The molecule has 1 atom stereocenters.